The van der Waals surface area contributed by atoms with Crippen LogP contribution < -0.4 is 20.9 Å². The van der Waals surface area contributed by atoms with Crippen LogP contribution in [0, 0.1) is 0 Å². The highest BCUT2D eigenvalue weighted by Crippen LogP contribution is 2.15. The van der Waals surface area contributed by atoms with Gasteiger partial charge in [-0.25, -0.2) is 9.78 Å². The van der Waals surface area contributed by atoms with E-state index in [0.717, 1.165) is 31.7 Å². The standard InChI is InChI=1S/C16H23N5O3/c22-15-13(3-1-2-6-17-15)20-16(23)19-12-4-5-14(18-11-12)21-7-9-24-10-8-21/h4-5,11,13H,1-3,6-10H2,(H,17,22)(H2,19,20,23)/t13-/m0/s1. The van der Waals surface area contributed by atoms with Crippen LogP contribution in [0.5, 0.6) is 0 Å². The molecule has 0 aliphatic carbocycles. The fourth-order valence-corrected chi connectivity index (χ4v) is 2.84. The van der Waals surface area contributed by atoms with Crippen molar-refractivity contribution < 1.29 is 14.3 Å². The summed E-state index contributed by atoms with van der Waals surface area (Å²) in [5.74, 6) is 0.746. The third-order valence-electron chi connectivity index (χ3n) is 4.18. The molecule has 3 rings (SSSR count). The van der Waals surface area contributed by atoms with Crippen molar-refractivity contribution in [3.05, 3.63) is 18.3 Å². The molecule has 8 heteroatoms. The number of ether oxygens (including phenoxy) is 1. The Bertz CT molecular complexity index is 572. The quantitative estimate of drug-likeness (QED) is 0.757. The zero-order valence-electron chi connectivity index (χ0n) is 13.6. The van der Waals surface area contributed by atoms with Gasteiger partial charge in [0, 0.05) is 19.6 Å². The second kappa shape index (κ2) is 7.96. The number of nitrogens with one attached hydrogen (secondary N) is 3. The van der Waals surface area contributed by atoms with Gasteiger partial charge in [0.1, 0.15) is 11.9 Å². The number of pyridine rings is 1. The monoisotopic (exact) mass is 333 g/mol. The normalized spacial score (nSPS) is 21.6. The van der Waals surface area contributed by atoms with Crippen LogP contribution in [0.2, 0.25) is 0 Å². The number of carbonyl (C=O) groups excluding carboxylic acids is 2. The summed E-state index contributed by atoms with van der Waals surface area (Å²) in [5.41, 5.74) is 0.596. The van der Waals surface area contributed by atoms with E-state index in [1.54, 1.807) is 6.20 Å². The molecule has 0 bridgehead atoms. The fourth-order valence-electron chi connectivity index (χ4n) is 2.84. The molecule has 3 heterocycles. The van der Waals surface area contributed by atoms with E-state index in [4.69, 9.17) is 4.74 Å². The highest BCUT2D eigenvalue weighted by atomic mass is 16.5. The zero-order valence-corrected chi connectivity index (χ0v) is 13.6. The maximum atomic E-state index is 12.1. The molecular formula is C16H23N5O3. The fraction of sp³-hybridized carbons (Fsp3) is 0.562. The van der Waals surface area contributed by atoms with E-state index in [-0.39, 0.29) is 5.91 Å². The number of aromatic nitrogens is 1. The predicted octanol–water partition coefficient (Wildman–Crippen LogP) is 0.708. The number of hydrogen-bond donors (Lipinski definition) is 3. The SMILES string of the molecule is O=C(Nc1ccc(N2CCOCC2)nc1)N[C@H]1CCCCNC1=O. The van der Waals surface area contributed by atoms with Gasteiger partial charge in [-0.1, -0.05) is 0 Å². The van der Waals surface area contributed by atoms with E-state index < -0.39 is 12.1 Å². The van der Waals surface area contributed by atoms with E-state index >= 15 is 0 Å². The first-order valence-corrected chi connectivity index (χ1v) is 8.36. The number of anilines is 2. The lowest BCUT2D eigenvalue weighted by molar-refractivity contribution is -0.122. The van der Waals surface area contributed by atoms with Crippen LogP contribution in [-0.4, -0.2) is 55.8 Å². The molecule has 130 valence electrons. The summed E-state index contributed by atoms with van der Waals surface area (Å²) in [4.78, 5) is 30.4. The molecule has 24 heavy (non-hydrogen) atoms. The van der Waals surface area contributed by atoms with Crippen molar-refractivity contribution in [3.63, 3.8) is 0 Å². The molecular weight excluding hydrogens is 310 g/mol. The van der Waals surface area contributed by atoms with Crippen molar-refractivity contribution in [2.45, 2.75) is 25.3 Å². The largest absolute Gasteiger partial charge is 0.378 e. The Morgan fingerprint density at radius 3 is 2.88 bits per heavy atom. The molecule has 0 unspecified atom stereocenters. The summed E-state index contributed by atoms with van der Waals surface area (Å²) in [6.07, 6.45) is 4.14. The highest BCUT2D eigenvalue weighted by Gasteiger charge is 2.22. The lowest BCUT2D eigenvalue weighted by atomic mass is 10.1. The molecule has 1 atom stereocenters. The molecule has 3 N–H and O–H groups in total. The molecule has 0 spiro atoms. The van der Waals surface area contributed by atoms with Gasteiger partial charge in [0.2, 0.25) is 5.91 Å². The molecule has 0 saturated carbocycles. The average Bonchev–Trinajstić information content (AvgIpc) is 2.81. The Morgan fingerprint density at radius 2 is 2.12 bits per heavy atom. The highest BCUT2D eigenvalue weighted by molar-refractivity contribution is 5.93. The second-order valence-corrected chi connectivity index (χ2v) is 5.94. The Balaban J connectivity index is 1.53. The summed E-state index contributed by atoms with van der Waals surface area (Å²) >= 11 is 0. The third kappa shape index (κ3) is 4.35. The summed E-state index contributed by atoms with van der Waals surface area (Å²) in [5, 5.41) is 8.24. The van der Waals surface area contributed by atoms with Crippen LogP contribution in [0.1, 0.15) is 19.3 Å². The summed E-state index contributed by atoms with van der Waals surface area (Å²) in [6.45, 7) is 3.71. The van der Waals surface area contributed by atoms with Crippen molar-refractivity contribution in [2.75, 3.05) is 43.1 Å². The Hall–Kier alpha value is -2.35. The van der Waals surface area contributed by atoms with Crippen LogP contribution in [0.3, 0.4) is 0 Å². The minimum atomic E-state index is -0.479. The van der Waals surface area contributed by atoms with Crippen LogP contribution >= 0.6 is 0 Å². The number of hydrogen-bond acceptors (Lipinski definition) is 5. The second-order valence-electron chi connectivity index (χ2n) is 5.94. The van der Waals surface area contributed by atoms with Gasteiger partial charge in [-0.15, -0.1) is 0 Å². The van der Waals surface area contributed by atoms with Gasteiger partial charge in [0.05, 0.1) is 25.1 Å². The molecule has 3 amide bonds. The van der Waals surface area contributed by atoms with E-state index in [0.29, 0.717) is 31.9 Å². The first kappa shape index (κ1) is 16.5. The van der Waals surface area contributed by atoms with Gasteiger partial charge in [0.25, 0.3) is 0 Å². The minimum absolute atomic E-state index is 0.122. The van der Waals surface area contributed by atoms with Crippen molar-refractivity contribution in [1.82, 2.24) is 15.6 Å². The number of urea groups is 1. The van der Waals surface area contributed by atoms with Crippen LogP contribution in [0.4, 0.5) is 16.3 Å². The average molecular weight is 333 g/mol. The van der Waals surface area contributed by atoms with Crippen LogP contribution in [0.25, 0.3) is 0 Å². The lowest BCUT2D eigenvalue weighted by Crippen LogP contribution is -2.47. The van der Waals surface area contributed by atoms with Crippen molar-refractivity contribution in [1.29, 1.82) is 0 Å². The van der Waals surface area contributed by atoms with E-state index in [2.05, 4.69) is 25.8 Å². The van der Waals surface area contributed by atoms with Gasteiger partial charge in [-0.2, -0.15) is 0 Å². The van der Waals surface area contributed by atoms with E-state index in [1.165, 1.54) is 0 Å². The maximum absolute atomic E-state index is 12.1. The molecule has 2 saturated heterocycles. The van der Waals surface area contributed by atoms with Crippen LogP contribution in [0.15, 0.2) is 18.3 Å². The van der Waals surface area contributed by atoms with Crippen molar-refractivity contribution in [2.24, 2.45) is 0 Å². The first-order chi connectivity index (χ1) is 11.7. The third-order valence-corrected chi connectivity index (χ3v) is 4.18. The zero-order chi connectivity index (χ0) is 16.8. The van der Waals surface area contributed by atoms with Gasteiger partial charge >= 0.3 is 6.03 Å². The van der Waals surface area contributed by atoms with Gasteiger partial charge in [-0.3, -0.25) is 4.79 Å². The molecule has 2 aliphatic heterocycles. The van der Waals surface area contributed by atoms with E-state index in [1.807, 2.05) is 12.1 Å². The molecule has 0 aromatic carbocycles. The summed E-state index contributed by atoms with van der Waals surface area (Å²) < 4.78 is 5.32. The molecule has 1 aromatic rings. The molecule has 8 nitrogen and oxygen atoms in total. The van der Waals surface area contributed by atoms with Gasteiger partial charge in [-0.05, 0) is 31.4 Å². The van der Waals surface area contributed by atoms with E-state index in [9.17, 15) is 9.59 Å². The van der Waals surface area contributed by atoms with Crippen molar-refractivity contribution in [3.8, 4) is 0 Å². The lowest BCUT2D eigenvalue weighted by Gasteiger charge is -2.27. The number of amides is 3. The first-order valence-electron chi connectivity index (χ1n) is 8.36. The Kier molecular flexibility index (Phi) is 5.47. The Morgan fingerprint density at radius 1 is 1.29 bits per heavy atom. The molecule has 2 aliphatic rings. The molecule has 2 fully saturated rings. The number of morpholine rings is 1. The molecule has 0 radical (unpaired) electrons. The topological polar surface area (TPSA) is 95.6 Å². The predicted molar refractivity (Wildman–Crippen MR) is 90.1 cm³/mol. The van der Waals surface area contributed by atoms with Crippen molar-refractivity contribution >= 4 is 23.4 Å². The maximum Gasteiger partial charge on any atom is 0.319 e. The smallest absolute Gasteiger partial charge is 0.319 e. The minimum Gasteiger partial charge on any atom is -0.378 e. The number of nitrogens with zero attached hydrogens (tertiary/aromatic N) is 2. The van der Waals surface area contributed by atoms with Crippen LogP contribution in [-0.2, 0) is 9.53 Å². The number of carbonyl (C=O) groups is 2. The Labute approximate surface area is 140 Å². The molecule has 1 aromatic heterocycles. The van der Waals surface area contributed by atoms with Gasteiger partial charge in [0.15, 0.2) is 0 Å². The number of rotatable bonds is 3. The van der Waals surface area contributed by atoms with Gasteiger partial charge < -0.3 is 25.6 Å². The summed E-state index contributed by atoms with van der Waals surface area (Å²) in [7, 11) is 0. The summed E-state index contributed by atoms with van der Waals surface area (Å²) in [6, 6.07) is 2.81.